The van der Waals surface area contributed by atoms with Gasteiger partial charge in [0.2, 0.25) is 11.9 Å². The molecule has 166 valence electrons. The van der Waals surface area contributed by atoms with Crippen molar-refractivity contribution in [2.24, 2.45) is 13.0 Å². The van der Waals surface area contributed by atoms with Crippen LogP contribution in [0.1, 0.15) is 75.9 Å². The molecule has 0 unspecified atom stereocenters. The molecular weight excluding hydrogens is 388 g/mol. The van der Waals surface area contributed by atoms with E-state index in [1.54, 1.807) is 0 Å². The molecule has 1 amide bonds. The van der Waals surface area contributed by atoms with Crippen molar-refractivity contribution in [3.05, 3.63) is 24.2 Å². The quantitative estimate of drug-likeness (QED) is 0.725. The highest BCUT2D eigenvalue weighted by Crippen LogP contribution is 2.38. The van der Waals surface area contributed by atoms with E-state index in [9.17, 15) is 4.79 Å². The first-order valence-corrected chi connectivity index (χ1v) is 12.1. The van der Waals surface area contributed by atoms with Gasteiger partial charge in [-0.2, -0.15) is 5.10 Å². The van der Waals surface area contributed by atoms with E-state index >= 15 is 0 Å². The Kier molecular flexibility index (Phi) is 5.92. The predicted octanol–water partition coefficient (Wildman–Crippen LogP) is 4.11. The lowest BCUT2D eigenvalue weighted by Crippen LogP contribution is -2.33. The summed E-state index contributed by atoms with van der Waals surface area (Å²) in [5.74, 6) is 1.70. The molecule has 3 fully saturated rings. The lowest BCUT2D eigenvalue weighted by Gasteiger charge is -2.29. The van der Waals surface area contributed by atoms with Crippen molar-refractivity contribution in [3.8, 4) is 11.3 Å². The average molecular weight is 423 g/mol. The van der Waals surface area contributed by atoms with E-state index in [0.717, 1.165) is 55.4 Å². The summed E-state index contributed by atoms with van der Waals surface area (Å²) in [5, 5.41) is 4.58. The highest BCUT2D eigenvalue weighted by molar-refractivity contribution is 5.78. The molecule has 0 radical (unpaired) electrons. The van der Waals surface area contributed by atoms with Gasteiger partial charge in [-0.1, -0.05) is 19.3 Å². The number of hydrogen-bond acceptors (Lipinski definition) is 5. The van der Waals surface area contributed by atoms with Gasteiger partial charge in [-0.15, -0.1) is 0 Å². The second kappa shape index (κ2) is 8.97. The second-order valence-corrected chi connectivity index (χ2v) is 9.46. The lowest BCUT2D eigenvalue weighted by atomic mass is 9.86. The maximum atomic E-state index is 13.3. The molecule has 0 bridgehead atoms. The van der Waals surface area contributed by atoms with Gasteiger partial charge in [-0.3, -0.25) is 9.48 Å². The fourth-order valence-corrected chi connectivity index (χ4v) is 5.71. The molecule has 2 aliphatic heterocycles. The molecule has 1 saturated carbocycles. The van der Waals surface area contributed by atoms with E-state index in [1.807, 2.05) is 30.2 Å². The summed E-state index contributed by atoms with van der Waals surface area (Å²) >= 11 is 0. The SMILES string of the molecule is Cn1ncc(-c2ccnc(N3CCCC3)n2)c1[C@H]1CCCN1C(=O)CC1CCCCC1. The molecule has 2 saturated heterocycles. The molecule has 3 aliphatic rings. The van der Waals surface area contributed by atoms with Crippen molar-refractivity contribution in [1.29, 1.82) is 0 Å². The standard InChI is InChI=1S/C24H34N6O/c1-28-23(21-10-7-15-30(21)22(31)16-18-8-3-2-4-9-18)19(17-26-28)20-11-12-25-24(27-20)29-13-5-6-14-29/h11-12,17-18,21H,2-10,13-16H2,1H3/t21-/m1/s1. The van der Waals surface area contributed by atoms with Crippen LogP contribution in [-0.4, -0.2) is 50.2 Å². The lowest BCUT2D eigenvalue weighted by molar-refractivity contribution is -0.133. The Morgan fingerprint density at radius 3 is 2.65 bits per heavy atom. The Morgan fingerprint density at radius 2 is 1.84 bits per heavy atom. The van der Waals surface area contributed by atoms with Crippen molar-refractivity contribution in [2.75, 3.05) is 24.5 Å². The second-order valence-electron chi connectivity index (χ2n) is 9.46. The van der Waals surface area contributed by atoms with Crippen molar-refractivity contribution in [2.45, 2.75) is 70.3 Å². The van der Waals surface area contributed by atoms with Crippen LogP contribution in [0.15, 0.2) is 18.5 Å². The average Bonchev–Trinajstić information content (AvgIpc) is 3.55. The van der Waals surface area contributed by atoms with E-state index in [1.165, 1.54) is 44.9 Å². The van der Waals surface area contributed by atoms with Crippen LogP contribution in [0, 0.1) is 5.92 Å². The summed E-state index contributed by atoms with van der Waals surface area (Å²) in [6.45, 7) is 2.90. The highest BCUT2D eigenvalue weighted by atomic mass is 16.2. The fraction of sp³-hybridized carbons (Fsp3) is 0.667. The van der Waals surface area contributed by atoms with Gasteiger partial charge < -0.3 is 9.80 Å². The van der Waals surface area contributed by atoms with E-state index in [0.29, 0.717) is 18.2 Å². The third-order valence-electron chi connectivity index (χ3n) is 7.37. The number of rotatable bonds is 5. The van der Waals surface area contributed by atoms with Crippen LogP contribution >= 0.6 is 0 Å². The number of carbonyl (C=O) groups is 1. The molecular formula is C24H34N6O. The smallest absolute Gasteiger partial charge is 0.225 e. The minimum atomic E-state index is 0.0868. The summed E-state index contributed by atoms with van der Waals surface area (Å²) in [4.78, 5) is 27.1. The van der Waals surface area contributed by atoms with Gasteiger partial charge in [-0.05, 0) is 50.5 Å². The van der Waals surface area contributed by atoms with Gasteiger partial charge >= 0.3 is 0 Å². The van der Waals surface area contributed by atoms with Gasteiger partial charge in [0.05, 0.1) is 23.6 Å². The molecule has 2 aromatic rings. The van der Waals surface area contributed by atoms with Crippen LogP contribution in [0.25, 0.3) is 11.3 Å². The zero-order valence-electron chi connectivity index (χ0n) is 18.7. The minimum absolute atomic E-state index is 0.0868. The van der Waals surface area contributed by atoms with Gasteiger partial charge in [0.1, 0.15) is 0 Å². The number of aryl methyl sites for hydroxylation is 1. The van der Waals surface area contributed by atoms with Gasteiger partial charge in [0.25, 0.3) is 0 Å². The maximum absolute atomic E-state index is 13.3. The monoisotopic (exact) mass is 422 g/mol. The van der Waals surface area contributed by atoms with Crippen LogP contribution in [0.3, 0.4) is 0 Å². The number of anilines is 1. The van der Waals surface area contributed by atoms with Crippen molar-refractivity contribution >= 4 is 11.9 Å². The largest absolute Gasteiger partial charge is 0.341 e. The summed E-state index contributed by atoms with van der Waals surface area (Å²) < 4.78 is 1.95. The van der Waals surface area contributed by atoms with Gasteiger partial charge in [0, 0.05) is 44.9 Å². The molecule has 0 N–H and O–H groups in total. The molecule has 1 aliphatic carbocycles. The molecule has 5 rings (SSSR count). The molecule has 7 nitrogen and oxygen atoms in total. The topological polar surface area (TPSA) is 67.2 Å². The molecule has 2 aromatic heterocycles. The zero-order chi connectivity index (χ0) is 21.2. The van der Waals surface area contributed by atoms with Crippen LogP contribution in [0.2, 0.25) is 0 Å². The fourth-order valence-electron chi connectivity index (χ4n) is 5.71. The third-order valence-corrected chi connectivity index (χ3v) is 7.37. The van der Waals surface area contributed by atoms with Crippen LogP contribution in [-0.2, 0) is 11.8 Å². The highest BCUT2D eigenvalue weighted by Gasteiger charge is 2.35. The van der Waals surface area contributed by atoms with Crippen molar-refractivity contribution < 1.29 is 4.79 Å². The van der Waals surface area contributed by atoms with Gasteiger partial charge in [-0.25, -0.2) is 9.97 Å². The Bertz CT molecular complexity index is 913. The van der Waals surface area contributed by atoms with E-state index in [4.69, 9.17) is 4.98 Å². The molecule has 0 spiro atoms. The van der Waals surface area contributed by atoms with Crippen molar-refractivity contribution in [3.63, 3.8) is 0 Å². The Hall–Kier alpha value is -2.44. The molecule has 31 heavy (non-hydrogen) atoms. The van der Waals surface area contributed by atoms with Gasteiger partial charge in [0.15, 0.2) is 0 Å². The van der Waals surface area contributed by atoms with E-state index < -0.39 is 0 Å². The Balaban J connectivity index is 1.40. The van der Waals surface area contributed by atoms with E-state index in [-0.39, 0.29) is 6.04 Å². The zero-order valence-corrected chi connectivity index (χ0v) is 18.7. The number of hydrogen-bond donors (Lipinski definition) is 0. The van der Waals surface area contributed by atoms with E-state index in [2.05, 4.69) is 19.9 Å². The number of carbonyl (C=O) groups excluding carboxylic acids is 1. The number of amides is 1. The minimum Gasteiger partial charge on any atom is -0.341 e. The first kappa shape index (κ1) is 20.5. The predicted molar refractivity (Wildman–Crippen MR) is 121 cm³/mol. The first-order valence-electron chi connectivity index (χ1n) is 12.1. The van der Waals surface area contributed by atoms with Crippen LogP contribution in [0.5, 0.6) is 0 Å². The molecule has 0 aromatic carbocycles. The molecule has 7 heteroatoms. The number of likely N-dealkylation sites (tertiary alicyclic amines) is 1. The van der Waals surface area contributed by atoms with Crippen LogP contribution < -0.4 is 4.90 Å². The normalized spacial score (nSPS) is 22.4. The molecule has 1 atom stereocenters. The first-order chi connectivity index (χ1) is 15.2. The Morgan fingerprint density at radius 1 is 1.03 bits per heavy atom. The molecule has 4 heterocycles. The number of nitrogens with zero attached hydrogens (tertiary/aromatic N) is 6. The van der Waals surface area contributed by atoms with Crippen molar-refractivity contribution in [1.82, 2.24) is 24.6 Å². The summed E-state index contributed by atoms with van der Waals surface area (Å²) in [5.41, 5.74) is 3.06. The summed E-state index contributed by atoms with van der Waals surface area (Å²) in [7, 11) is 1.99. The third kappa shape index (κ3) is 4.19. The number of aromatic nitrogens is 4. The van der Waals surface area contributed by atoms with Crippen LogP contribution in [0.4, 0.5) is 5.95 Å². The summed E-state index contributed by atoms with van der Waals surface area (Å²) in [6.07, 6.45) is 15.2. The maximum Gasteiger partial charge on any atom is 0.225 e. The summed E-state index contributed by atoms with van der Waals surface area (Å²) in [6, 6.07) is 2.06. The Labute approximate surface area is 184 Å².